The van der Waals surface area contributed by atoms with Crippen LogP contribution in [0, 0.1) is 0 Å². The second kappa shape index (κ2) is 6.07. The van der Waals surface area contributed by atoms with Crippen LogP contribution in [-0.4, -0.2) is 17.8 Å². The normalized spacial score (nSPS) is 12.1. The third-order valence-corrected chi connectivity index (χ3v) is 2.87. The lowest BCUT2D eigenvalue weighted by atomic mass is 10.1. The molecule has 0 saturated heterocycles. The van der Waals surface area contributed by atoms with Gasteiger partial charge in [-0.05, 0) is 24.1 Å². The molecule has 4 N–H and O–H groups in total. The highest BCUT2D eigenvalue weighted by Crippen LogP contribution is 2.18. The summed E-state index contributed by atoms with van der Waals surface area (Å²) in [4.78, 5) is 0. The standard InChI is InChI=1S/C15H18N2O/c16-14-8-4-5-9-15(14)17-13(11-18)10-12-6-2-1-3-7-12/h1-9,13,17-18H,10-11,16H2. The molecule has 2 aromatic rings. The summed E-state index contributed by atoms with van der Waals surface area (Å²) in [5.41, 5.74) is 8.63. The van der Waals surface area contributed by atoms with Crippen LogP contribution in [0.25, 0.3) is 0 Å². The van der Waals surface area contributed by atoms with Crippen LogP contribution >= 0.6 is 0 Å². The number of para-hydroxylation sites is 2. The van der Waals surface area contributed by atoms with Gasteiger partial charge in [-0.25, -0.2) is 0 Å². The molecule has 2 rings (SSSR count). The maximum absolute atomic E-state index is 9.44. The first kappa shape index (κ1) is 12.5. The molecule has 1 atom stereocenters. The molecular formula is C15H18N2O. The van der Waals surface area contributed by atoms with E-state index in [1.54, 1.807) is 0 Å². The minimum Gasteiger partial charge on any atom is -0.397 e. The van der Waals surface area contributed by atoms with E-state index in [4.69, 9.17) is 5.73 Å². The van der Waals surface area contributed by atoms with Crippen LogP contribution in [0.1, 0.15) is 5.56 Å². The molecule has 0 fully saturated rings. The Labute approximate surface area is 107 Å². The number of aliphatic hydroxyl groups excluding tert-OH is 1. The zero-order valence-electron chi connectivity index (χ0n) is 10.2. The topological polar surface area (TPSA) is 58.3 Å². The van der Waals surface area contributed by atoms with Gasteiger partial charge in [0.15, 0.2) is 0 Å². The van der Waals surface area contributed by atoms with Gasteiger partial charge in [0.25, 0.3) is 0 Å². The third-order valence-electron chi connectivity index (χ3n) is 2.87. The predicted octanol–water partition coefficient (Wildman–Crippen LogP) is 2.28. The third kappa shape index (κ3) is 3.25. The van der Waals surface area contributed by atoms with Crippen molar-refractivity contribution in [2.45, 2.75) is 12.5 Å². The van der Waals surface area contributed by atoms with E-state index in [1.165, 1.54) is 5.56 Å². The summed E-state index contributed by atoms with van der Waals surface area (Å²) in [6, 6.07) is 17.7. The Hall–Kier alpha value is -2.00. The Kier molecular flexibility index (Phi) is 4.20. The molecule has 3 nitrogen and oxygen atoms in total. The Bertz CT molecular complexity index is 485. The lowest BCUT2D eigenvalue weighted by Gasteiger charge is -2.18. The Morgan fingerprint density at radius 2 is 1.67 bits per heavy atom. The molecule has 0 radical (unpaired) electrons. The molecule has 0 aliphatic rings. The number of hydrogen-bond donors (Lipinski definition) is 3. The monoisotopic (exact) mass is 242 g/mol. The summed E-state index contributed by atoms with van der Waals surface area (Å²) in [6.45, 7) is 0.0726. The van der Waals surface area contributed by atoms with Crippen molar-refractivity contribution >= 4 is 11.4 Å². The zero-order valence-corrected chi connectivity index (χ0v) is 10.2. The van der Waals surface area contributed by atoms with E-state index in [0.29, 0.717) is 5.69 Å². The lowest BCUT2D eigenvalue weighted by Crippen LogP contribution is -2.26. The molecule has 0 aromatic heterocycles. The maximum Gasteiger partial charge on any atom is 0.0636 e. The average molecular weight is 242 g/mol. The van der Waals surface area contributed by atoms with Gasteiger partial charge >= 0.3 is 0 Å². The fourth-order valence-corrected chi connectivity index (χ4v) is 1.91. The maximum atomic E-state index is 9.44. The van der Waals surface area contributed by atoms with Crippen LogP contribution in [0.3, 0.4) is 0 Å². The first-order valence-corrected chi connectivity index (χ1v) is 6.05. The number of nitrogens with two attached hydrogens (primary N) is 1. The van der Waals surface area contributed by atoms with Crippen LogP contribution in [0.4, 0.5) is 11.4 Å². The van der Waals surface area contributed by atoms with E-state index in [9.17, 15) is 5.11 Å². The fourth-order valence-electron chi connectivity index (χ4n) is 1.91. The van der Waals surface area contributed by atoms with Crippen LogP contribution in [0.5, 0.6) is 0 Å². The molecule has 0 aliphatic heterocycles. The van der Waals surface area contributed by atoms with Crippen molar-refractivity contribution < 1.29 is 5.11 Å². The van der Waals surface area contributed by atoms with Gasteiger partial charge < -0.3 is 16.2 Å². The van der Waals surface area contributed by atoms with Gasteiger partial charge in [-0.2, -0.15) is 0 Å². The van der Waals surface area contributed by atoms with Crippen molar-refractivity contribution in [3.8, 4) is 0 Å². The lowest BCUT2D eigenvalue weighted by molar-refractivity contribution is 0.274. The number of aliphatic hydroxyl groups is 1. The number of benzene rings is 2. The fraction of sp³-hybridized carbons (Fsp3) is 0.200. The summed E-state index contributed by atoms with van der Waals surface area (Å²) >= 11 is 0. The Morgan fingerprint density at radius 1 is 1.00 bits per heavy atom. The molecule has 0 aliphatic carbocycles. The largest absolute Gasteiger partial charge is 0.397 e. The van der Waals surface area contributed by atoms with Crippen LogP contribution in [0.2, 0.25) is 0 Å². The molecule has 0 saturated carbocycles. The molecule has 0 heterocycles. The van der Waals surface area contributed by atoms with E-state index in [1.807, 2.05) is 42.5 Å². The summed E-state index contributed by atoms with van der Waals surface area (Å²) in [6.07, 6.45) is 0.770. The quantitative estimate of drug-likeness (QED) is 0.705. The summed E-state index contributed by atoms with van der Waals surface area (Å²) in [5, 5.41) is 12.7. The van der Waals surface area contributed by atoms with Gasteiger partial charge in [0.1, 0.15) is 0 Å². The van der Waals surface area contributed by atoms with Crippen molar-refractivity contribution in [3.05, 3.63) is 60.2 Å². The first-order chi connectivity index (χ1) is 8.79. The molecule has 2 aromatic carbocycles. The number of nitrogens with one attached hydrogen (secondary N) is 1. The number of nitrogen functional groups attached to an aromatic ring is 1. The smallest absolute Gasteiger partial charge is 0.0636 e. The molecule has 0 spiro atoms. The zero-order chi connectivity index (χ0) is 12.8. The minimum atomic E-state index is -0.0305. The summed E-state index contributed by atoms with van der Waals surface area (Å²) in [5.74, 6) is 0. The average Bonchev–Trinajstić information content (AvgIpc) is 2.41. The van der Waals surface area contributed by atoms with E-state index < -0.39 is 0 Å². The van der Waals surface area contributed by atoms with Crippen LogP contribution < -0.4 is 11.1 Å². The van der Waals surface area contributed by atoms with Crippen molar-refractivity contribution in [3.63, 3.8) is 0 Å². The van der Waals surface area contributed by atoms with Crippen LogP contribution in [-0.2, 0) is 6.42 Å². The van der Waals surface area contributed by atoms with Crippen molar-refractivity contribution in [1.29, 1.82) is 0 Å². The number of hydrogen-bond acceptors (Lipinski definition) is 3. The molecule has 94 valence electrons. The second-order valence-electron chi connectivity index (χ2n) is 4.30. The first-order valence-electron chi connectivity index (χ1n) is 6.05. The van der Waals surface area contributed by atoms with Gasteiger partial charge in [-0.15, -0.1) is 0 Å². The molecule has 3 heteroatoms. The molecular weight excluding hydrogens is 224 g/mol. The molecule has 0 amide bonds. The van der Waals surface area contributed by atoms with E-state index in [-0.39, 0.29) is 12.6 Å². The molecule has 1 unspecified atom stereocenters. The predicted molar refractivity (Wildman–Crippen MR) is 75.5 cm³/mol. The SMILES string of the molecule is Nc1ccccc1NC(CO)Cc1ccccc1. The van der Waals surface area contributed by atoms with Crippen molar-refractivity contribution in [2.24, 2.45) is 0 Å². The van der Waals surface area contributed by atoms with Crippen LogP contribution in [0.15, 0.2) is 54.6 Å². The van der Waals surface area contributed by atoms with Gasteiger partial charge in [0, 0.05) is 0 Å². The molecule has 18 heavy (non-hydrogen) atoms. The van der Waals surface area contributed by atoms with E-state index >= 15 is 0 Å². The summed E-state index contributed by atoms with van der Waals surface area (Å²) < 4.78 is 0. The van der Waals surface area contributed by atoms with Gasteiger partial charge in [0.05, 0.1) is 24.0 Å². The second-order valence-corrected chi connectivity index (χ2v) is 4.30. The van der Waals surface area contributed by atoms with Crippen molar-refractivity contribution in [2.75, 3.05) is 17.7 Å². The van der Waals surface area contributed by atoms with Gasteiger partial charge in [0.2, 0.25) is 0 Å². The van der Waals surface area contributed by atoms with E-state index in [0.717, 1.165) is 12.1 Å². The van der Waals surface area contributed by atoms with Crippen molar-refractivity contribution in [1.82, 2.24) is 0 Å². The van der Waals surface area contributed by atoms with Gasteiger partial charge in [-0.1, -0.05) is 42.5 Å². The number of anilines is 2. The Morgan fingerprint density at radius 3 is 2.33 bits per heavy atom. The van der Waals surface area contributed by atoms with E-state index in [2.05, 4.69) is 17.4 Å². The minimum absolute atomic E-state index is 0.0305. The number of rotatable bonds is 5. The molecule has 0 bridgehead atoms. The highest BCUT2D eigenvalue weighted by molar-refractivity contribution is 5.66. The summed E-state index contributed by atoms with van der Waals surface area (Å²) in [7, 11) is 0. The highest BCUT2D eigenvalue weighted by atomic mass is 16.3. The van der Waals surface area contributed by atoms with Gasteiger partial charge in [-0.3, -0.25) is 0 Å². The Balaban J connectivity index is 2.04. The highest BCUT2D eigenvalue weighted by Gasteiger charge is 2.09.